The van der Waals surface area contributed by atoms with Crippen molar-refractivity contribution in [2.45, 2.75) is 9.79 Å². The van der Waals surface area contributed by atoms with Gasteiger partial charge in [0.05, 0.1) is 0 Å². The van der Waals surface area contributed by atoms with Gasteiger partial charge >= 0.3 is 0 Å². The third kappa shape index (κ3) is 2.25. The van der Waals surface area contributed by atoms with Gasteiger partial charge in [0.15, 0.2) is 0 Å². The number of rotatable bonds is 2. The molecule has 1 aromatic carbocycles. The van der Waals surface area contributed by atoms with Crippen LogP contribution in [0.1, 0.15) is 0 Å². The summed E-state index contributed by atoms with van der Waals surface area (Å²) in [6.45, 7) is 0. The Balaban J connectivity index is 3.15. The third-order valence-corrected chi connectivity index (χ3v) is 3.04. The van der Waals surface area contributed by atoms with Gasteiger partial charge in [-0.1, -0.05) is 0 Å². The second-order valence-electron chi connectivity index (χ2n) is 2.32. The van der Waals surface area contributed by atoms with Crippen molar-refractivity contribution >= 4 is 22.6 Å². The largest absolute Gasteiger partial charge is 0.508 e. The minimum absolute atomic E-state index is 0.173. The van der Waals surface area contributed by atoms with E-state index in [1.54, 1.807) is 12.3 Å². The molecule has 12 heavy (non-hydrogen) atoms. The van der Waals surface area contributed by atoms with E-state index in [9.17, 15) is 9.32 Å². The summed E-state index contributed by atoms with van der Waals surface area (Å²) in [7, 11) is -1.02. The lowest BCUT2D eigenvalue weighted by Crippen LogP contribution is -1.87. The summed E-state index contributed by atoms with van der Waals surface area (Å²) in [5.74, 6) is 0.173. The van der Waals surface area contributed by atoms with E-state index in [0.29, 0.717) is 4.90 Å². The van der Waals surface area contributed by atoms with Crippen molar-refractivity contribution in [1.29, 1.82) is 0 Å². The molecule has 0 aliphatic rings. The minimum Gasteiger partial charge on any atom is -0.508 e. The zero-order valence-electron chi connectivity index (χ0n) is 6.90. The number of hydrogen-bond acceptors (Lipinski definition) is 3. The van der Waals surface area contributed by atoms with Gasteiger partial charge in [0, 0.05) is 26.8 Å². The molecule has 0 saturated carbocycles. The van der Waals surface area contributed by atoms with Crippen LogP contribution in [0.25, 0.3) is 0 Å². The fraction of sp³-hybridized carbons (Fsp3) is 0.250. The highest BCUT2D eigenvalue weighted by molar-refractivity contribution is 7.98. The molecule has 0 aliphatic carbocycles. The highest BCUT2D eigenvalue weighted by Crippen LogP contribution is 2.23. The molecule has 66 valence electrons. The molecule has 2 nitrogen and oxygen atoms in total. The van der Waals surface area contributed by atoms with E-state index < -0.39 is 10.8 Å². The molecule has 0 saturated heterocycles. The van der Waals surface area contributed by atoms with Crippen LogP contribution < -0.4 is 0 Å². The van der Waals surface area contributed by atoms with Crippen LogP contribution >= 0.6 is 11.8 Å². The molecule has 0 spiro atoms. The SMILES string of the molecule is CSc1cc(O)cc(S(C)=O)c1. The van der Waals surface area contributed by atoms with Gasteiger partial charge in [-0.3, -0.25) is 4.21 Å². The molecular weight excluding hydrogens is 192 g/mol. The fourth-order valence-corrected chi connectivity index (χ4v) is 1.98. The second-order valence-corrected chi connectivity index (χ2v) is 4.58. The molecule has 1 rings (SSSR count). The monoisotopic (exact) mass is 202 g/mol. The van der Waals surface area contributed by atoms with Crippen LogP contribution in [-0.4, -0.2) is 21.8 Å². The van der Waals surface area contributed by atoms with Gasteiger partial charge < -0.3 is 5.11 Å². The topological polar surface area (TPSA) is 37.3 Å². The Labute approximate surface area is 78.5 Å². The summed E-state index contributed by atoms with van der Waals surface area (Å²) >= 11 is 1.52. The van der Waals surface area contributed by atoms with Crippen molar-refractivity contribution < 1.29 is 9.32 Å². The Morgan fingerprint density at radius 2 is 2.08 bits per heavy atom. The van der Waals surface area contributed by atoms with Crippen LogP contribution in [0.4, 0.5) is 0 Å². The Morgan fingerprint density at radius 3 is 2.58 bits per heavy atom. The predicted octanol–water partition coefficient (Wildman–Crippen LogP) is 1.85. The number of thioether (sulfide) groups is 1. The van der Waals surface area contributed by atoms with E-state index >= 15 is 0 Å². The van der Waals surface area contributed by atoms with Crippen LogP contribution in [0, 0.1) is 0 Å². The second kappa shape index (κ2) is 3.96. The van der Waals surface area contributed by atoms with Crippen molar-refractivity contribution in [2.75, 3.05) is 12.5 Å². The molecule has 0 fully saturated rings. The standard InChI is InChI=1S/C8H10O2S2/c1-11-7-3-6(9)4-8(5-7)12(2)10/h3-5,9H,1-2H3. The van der Waals surface area contributed by atoms with E-state index in [2.05, 4.69) is 0 Å². The van der Waals surface area contributed by atoms with Gasteiger partial charge in [0.1, 0.15) is 5.75 Å². The predicted molar refractivity (Wildman–Crippen MR) is 52.2 cm³/mol. The van der Waals surface area contributed by atoms with Crippen molar-refractivity contribution in [2.24, 2.45) is 0 Å². The van der Waals surface area contributed by atoms with E-state index in [1.165, 1.54) is 17.8 Å². The molecule has 1 unspecified atom stereocenters. The quantitative estimate of drug-likeness (QED) is 0.744. The first-order chi connectivity index (χ1) is 5.63. The zero-order chi connectivity index (χ0) is 9.14. The molecule has 1 aromatic rings. The van der Waals surface area contributed by atoms with Crippen LogP contribution in [0.2, 0.25) is 0 Å². The first kappa shape index (κ1) is 9.61. The molecule has 0 radical (unpaired) electrons. The number of benzene rings is 1. The van der Waals surface area contributed by atoms with E-state index in [1.807, 2.05) is 12.3 Å². The van der Waals surface area contributed by atoms with Crippen LogP contribution in [0.15, 0.2) is 28.0 Å². The summed E-state index contributed by atoms with van der Waals surface area (Å²) < 4.78 is 11.1. The number of phenols is 1. The van der Waals surface area contributed by atoms with Gasteiger partial charge in [-0.25, -0.2) is 0 Å². The lowest BCUT2D eigenvalue weighted by Gasteiger charge is -2.01. The highest BCUT2D eigenvalue weighted by atomic mass is 32.2. The van der Waals surface area contributed by atoms with E-state index in [-0.39, 0.29) is 5.75 Å². The number of aromatic hydroxyl groups is 1. The summed E-state index contributed by atoms with van der Waals surface area (Å²) in [5.41, 5.74) is 0. The maximum atomic E-state index is 11.1. The van der Waals surface area contributed by atoms with Crippen molar-refractivity contribution in [3.05, 3.63) is 18.2 Å². The zero-order valence-corrected chi connectivity index (χ0v) is 8.54. The third-order valence-electron chi connectivity index (χ3n) is 1.43. The Bertz CT molecular complexity index is 310. The average molecular weight is 202 g/mol. The van der Waals surface area contributed by atoms with Crippen LogP contribution in [-0.2, 0) is 10.8 Å². The van der Waals surface area contributed by atoms with Crippen molar-refractivity contribution in [3.63, 3.8) is 0 Å². The smallest absolute Gasteiger partial charge is 0.117 e. The Morgan fingerprint density at radius 1 is 1.42 bits per heavy atom. The first-order valence-corrected chi connectivity index (χ1v) is 6.13. The maximum Gasteiger partial charge on any atom is 0.117 e. The number of hydrogen-bond donors (Lipinski definition) is 1. The molecule has 1 atom stereocenters. The number of phenolic OH excluding ortho intramolecular Hbond substituents is 1. The van der Waals surface area contributed by atoms with Gasteiger partial charge in [-0.2, -0.15) is 0 Å². The minimum atomic E-state index is -1.02. The van der Waals surface area contributed by atoms with Gasteiger partial charge in [0.2, 0.25) is 0 Å². The molecule has 1 N–H and O–H groups in total. The normalized spacial score (nSPS) is 12.8. The van der Waals surface area contributed by atoms with Gasteiger partial charge in [-0.15, -0.1) is 11.8 Å². The molecule has 4 heteroatoms. The molecule has 0 amide bonds. The Kier molecular flexibility index (Phi) is 3.17. The Hall–Kier alpha value is -0.480. The summed E-state index contributed by atoms with van der Waals surface area (Å²) in [4.78, 5) is 1.60. The van der Waals surface area contributed by atoms with E-state index in [4.69, 9.17) is 0 Å². The lowest BCUT2D eigenvalue weighted by atomic mass is 10.3. The highest BCUT2D eigenvalue weighted by Gasteiger charge is 2.01. The van der Waals surface area contributed by atoms with Crippen LogP contribution in [0.3, 0.4) is 0 Å². The molecule has 0 heterocycles. The lowest BCUT2D eigenvalue weighted by molar-refractivity contribution is 0.472. The molecular formula is C8H10O2S2. The van der Waals surface area contributed by atoms with Gasteiger partial charge in [0.25, 0.3) is 0 Å². The average Bonchev–Trinajstić information content (AvgIpc) is 2.03. The summed E-state index contributed by atoms with van der Waals surface area (Å²) in [6.07, 6.45) is 3.51. The molecule has 0 bridgehead atoms. The van der Waals surface area contributed by atoms with Crippen molar-refractivity contribution in [3.8, 4) is 5.75 Å². The summed E-state index contributed by atoms with van der Waals surface area (Å²) in [5, 5.41) is 9.23. The van der Waals surface area contributed by atoms with Gasteiger partial charge in [-0.05, 0) is 24.5 Å². The fourth-order valence-electron chi connectivity index (χ4n) is 0.841. The van der Waals surface area contributed by atoms with E-state index in [0.717, 1.165) is 4.90 Å². The molecule has 0 aromatic heterocycles. The van der Waals surface area contributed by atoms with Crippen molar-refractivity contribution in [1.82, 2.24) is 0 Å². The molecule has 0 aliphatic heterocycles. The maximum absolute atomic E-state index is 11.1. The van der Waals surface area contributed by atoms with Crippen LogP contribution in [0.5, 0.6) is 5.75 Å². The first-order valence-electron chi connectivity index (χ1n) is 3.35. The summed E-state index contributed by atoms with van der Waals surface area (Å²) in [6, 6.07) is 5.00.